The van der Waals surface area contributed by atoms with Crippen LogP contribution in [-0.2, 0) is 78.3 Å². The van der Waals surface area contributed by atoms with Crippen LogP contribution >= 0.6 is 11.3 Å². The lowest BCUT2D eigenvalue weighted by Gasteiger charge is -2.33. The summed E-state index contributed by atoms with van der Waals surface area (Å²) in [4.78, 5) is 203. The number of aliphatic hydroxyl groups is 1. The highest BCUT2D eigenvalue weighted by molar-refractivity contribution is 7.09. The first-order chi connectivity index (χ1) is 48.8. The number of amides is 13. The van der Waals surface area contributed by atoms with Crippen LogP contribution in [0.1, 0.15) is 194 Å². The van der Waals surface area contributed by atoms with Gasteiger partial charge in [0.25, 0.3) is 5.91 Å². The molecule has 0 unspecified atom stereocenters. The molecule has 15 N–H and O–H groups in total. The number of hydrogen-bond donors (Lipinski definition) is 14. The van der Waals surface area contributed by atoms with Gasteiger partial charge >= 0.3 is 5.97 Å². The van der Waals surface area contributed by atoms with Crippen LogP contribution in [0, 0.1) is 47.3 Å². The van der Waals surface area contributed by atoms with E-state index in [9.17, 15) is 62.6 Å². The Kier molecular flexibility index (Phi) is 37.6. The van der Waals surface area contributed by atoms with E-state index >= 15 is 9.59 Å². The van der Waals surface area contributed by atoms with E-state index in [0.29, 0.717) is 24.1 Å². The molecular formula is C73H122N14O16S. The van der Waals surface area contributed by atoms with Gasteiger partial charge in [-0.25, -0.2) is 4.79 Å². The van der Waals surface area contributed by atoms with Crippen molar-refractivity contribution in [2.24, 2.45) is 53.1 Å². The second kappa shape index (κ2) is 43.4. The second-order valence-electron chi connectivity index (χ2n) is 29.5. The van der Waals surface area contributed by atoms with E-state index in [1.165, 1.54) is 43.1 Å². The molecule has 2 aliphatic heterocycles. The van der Waals surface area contributed by atoms with Gasteiger partial charge in [0.2, 0.25) is 70.9 Å². The third kappa shape index (κ3) is 26.8. The standard InChI is InChI=1S/C73H122N14O16S/c1-20-41(15)30-31-51(89)78-52(36(5)6)66(95)85-59(44(18)88)70(99)80-54(38(9)10)67(96)81-55(39(11)12)72(101)87-33-25-29-50(87)64(93)76-48(28-24-32-74)62(91)83-57(42(16)21-2)69(98)86-60-45(19)103-73(102)56(40(13)14)82-61(90)47(23-4)75-63(92)49(35-46-27-26-34-104-46)77-65(94)53(37(7)8)79-68(97)58(43(17)22-3)84-71(60)100/h23,26-27,34,36-45,48-50,52-60,88H,20-22,24-25,28-33,35,74H2,1-19H3,(H,75,92)(H,76,93)(H,77,94)(H,78,89)(H,79,97)(H,80,99)(H,81,96)(H,82,90)(H,83,91)(H,84,100)(H,85,95)(H,86,98)/b47-23-/t41-,42-,43-,44+,45+,48-,49-,50+,52+,53+,54-,55+,56-,57+,58+,59-,60+/m0/s1. The SMILES string of the molecule is C/C=C1\NC(=O)[C@H](Cc2cccs2)NC(=O)[C@@H](C(C)C)NC(=O)[C@@H]([C@@H](C)CC)NC(=O)[C@H](NC(=O)[C@H](NC(=O)[C@H](CCCN)NC(=O)[C@H]2CCCN2C(=O)[C@H](NC(=O)[C@@H](NC(=O)[C@@H](NC(=O)[C@H](NC(=O)CC[C@@H](C)CC)C(C)C)[C@@H](C)O)C(C)C)C(C)C)[C@@H](C)CC)[C@@H](C)OC(=O)[C@H](C(C)C)NC1=O. The lowest BCUT2D eigenvalue weighted by atomic mass is 9.95. The molecule has 104 heavy (non-hydrogen) atoms. The minimum absolute atomic E-state index is 0.00304. The van der Waals surface area contributed by atoms with Crippen molar-refractivity contribution in [3.05, 3.63) is 34.2 Å². The molecule has 0 aromatic carbocycles. The van der Waals surface area contributed by atoms with Crippen LogP contribution in [0.2, 0.25) is 0 Å². The molecule has 2 saturated heterocycles. The van der Waals surface area contributed by atoms with Gasteiger partial charge in [0.15, 0.2) is 0 Å². The van der Waals surface area contributed by atoms with Gasteiger partial charge in [0, 0.05) is 24.3 Å². The van der Waals surface area contributed by atoms with Gasteiger partial charge in [0.1, 0.15) is 84.3 Å². The first-order valence-corrected chi connectivity index (χ1v) is 37.9. The number of nitrogens with zero attached hydrogens (tertiary/aromatic N) is 1. The Labute approximate surface area is 617 Å². The van der Waals surface area contributed by atoms with E-state index in [2.05, 4.69) is 63.8 Å². The van der Waals surface area contributed by atoms with Crippen molar-refractivity contribution in [3.63, 3.8) is 0 Å². The fourth-order valence-corrected chi connectivity index (χ4v) is 12.6. The van der Waals surface area contributed by atoms with E-state index in [1.54, 1.807) is 114 Å². The molecule has 2 aliphatic rings. The molecule has 13 amide bonds. The van der Waals surface area contributed by atoms with Gasteiger partial charge in [-0.2, -0.15) is 0 Å². The van der Waals surface area contributed by atoms with Crippen molar-refractivity contribution >= 4 is 94.1 Å². The summed E-state index contributed by atoms with van der Waals surface area (Å²) >= 11 is 1.33. The van der Waals surface area contributed by atoms with Crippen molar-refractivity contribution in [1.82, 2.24) is 68.7 Å². The van der Waals surface area contributed by atoms with E-state index in [-0.39, 0.29) is 69.1 Å². The van der Waals surface area contributed by atoms with Gasteiger partial charge < -0.3 is 84.3 Å². The van der Waals surface area contributed by atoms with Crippen LogP contribution in [0.5, 0.6) is 0 Å². The molecule has 0 aliphatic carbocycles. The number of carbonyl (C=O) groups is 14. The molecule has 1 aromatic heterocycles. The molecule has 0 saturated carbocycles. The molecule has 30 nitrogen and oxygen atoms in total. The Morgan fingerprint density at radius 2 is 1.20 bits per heavy atom. The summed E-state index contributed by atoms with van der Waals surface area (Å²) in [7, 11) is 0. The number of likely N-dealkylation sites (tertiary alicyclic amines) is 1. The van der Waals surface area contributed by atoms with Crippen LogP contribution in [0.3, 0.4) is 0 Å². The Hall–Kier alpha value is -8.06. The number of allylic oxidation sites excluding steroid dienone is 1. The fourth-order valence-electron chi connectivity index (χ4n) is 11.8. The number of carbonyl (C=O) groups excluding carboxylic acids is 14. The summed E-state index contributed by atoms with van der Waals surface area (Å²) in [5.41, 5.74) is 5.69. The van der Waals surface area contributed by atoms with Gasteiger partial charge in [-0.3, -0.25) is 62.3 Å². The minimum Gasteiger partial charge on any atom is -0.458 e. The van der Waals surface area contributed by atoms with Gasteiger partial charge in [-0.05, 0) is 118 Å². The van der Waals surface area contributed by atoms with Crippen molar-refractivity contribution in [2.75, 3.05) is 13.1 Å². The van der Waals surface area contributed by atoms with E-state index < -0.39 is 203 Å². The highest BCUT2D eigenvalue weighted by Crippen LogP contribution is 2.23. The third-order valence-electron chi connectivity index (χ3n) is 19.3. The Balaban J connectivity index is 1.99. The highest BCUT2D eigenvalue weighted by Gasteiger charge is 2.44. The number of rotatable bonds is 33. The first-order valence-electron chi connectivity index (χ1n) is 37.0. The lowest BCUT2D eigenvalue weighted by Crippen LogP contribution is -2.64. The molecule has 3 rings (SSSR count). The number of hydrogen-bond acceptors (Lipinski definition) is 18. The first kappa shape index (κ1) is 90.2. The molecule has 0 bridgehead atoms. The van der Waals surface area contributed by atoms with Crippen molar-refractivity contribution in [3.8, 4) is 0 Å². The average molecular weight is 1480 g/mol. The van der Waals surface area contributed by atoms with E-state index in [1.807, 2.05) is 13.8 Å². The largest absolute Gasteiger partial charge is 0.458 e. The zero-order valence-corrected chi connectivity index (χ0v) is 65.3. The second-order valence-corrected chi connectivity index (χ2v) is 30.6. The Morgan fingerprint density at radius 1 is 0.644 bits per heavy atom. The predicted octanol–water partition coefficient (Wildman–Crippen LogP) is 1.90. The molecule has 17 atom stereocenters. The molecule has 0 spiro atoms. The highest BCUT2D eigenvalue weighted by atomic mass is 32.1. The topological polar surface area (TPSA) is 442 Å². The van der Waals surface area contributed by atoms with Crippen molar-refractivity contribution in [2.45, 2.75) is 280 Å². The predicted molar refractivity (Wildman–Crippen MR) is 393 cm³/mol. The molecule has 2 fully saturated rings. The van der Waals surface area contributed by atoms with Crippen molar-refractivity contribution < 1.29 is 77.0 Å². The molecule has 0 radical (unpaired) electrons. The summed E-state index contributed by atoms with van der Waals surface area (Å²) in [6, 6.07) is -12.8. The number of ether oxygens (including phenoxy) is 1. The van der Waals surface area contributed by atoms with Gasteiger partial charge in [-0.1, -0.05) is 142 Å². The monoisotopic (exact) mass is 1480 g/mol. The average Bonchev–Trinajstić information content (AvgIpc) is 1.58. The maximum absolute atomic E-state index is 15.0. The number of thiophene rings is 1. The van der Waals surface area contributed by atoms with E-state index in [4.69, 9.17) is 10.5 Å². The maximum atomic E-state index is 15.0. The minimum atomic E-state index is -1.82. The Bertz CT molecular complexity index is 3120. The normalized spacial score (nSPS) is 23.0. The summed E-state index contributed by atoms with van der Waals surface area (Å²) < 4.78 is 5.95. The third-order valence-corrected chi connectivity index (χ3v) is 20.2. The summed E-state index contributed by atoms with van der Waals surface area (Å²) in [5.74, 6) is -15.1. The molecular weight excluding hydrogens is 1360 g/mol. The lowest BCUT2D eigenvalue weighted by molar-refractivity contribution is -0.157. The van der Waals surface area contributed by atoms with Crippen LogP contribution in [0.25, 0.3) is 0 Å². The fraction of sp³-hybridized carbons (Fsp3) is 0.726. The smallest absolute Gasteiger partial charge is 0.329 e. The molecule has 1 aromatic rings. The number of esters is 1. The Morgan fingerprint density at radius 3 is 1.73 bits per heavy atom. The summed E-state index contributed by atoms with van der Waals surface area (Å²) in [5, 5.41) is 45.0. The number of aliphatic hydroxyl groups excluding tert-OH is 1. The van der Waals surface area contributed by atoms with Crippen molar-refractivity contribution in [1.29, 1.82) is 0 Å². The number of nitrogens with two attached hydrogens (primary N) is 1. The number of cyclic esters (lactones) is 1. The zero-order chi connectivity index (χ0) is 78.7. The van der Waals surface area contributed by atoms with Crippen LogP contribution in [-0.4, -0.2) is 191 Å². The molecule has 3 heterocycles. The van der Waals surface area contributed by atoms with Gasteiger partial charge in [-0.15, -0.1) is 11.3 Å². The molecule has 586 valence electrons. The van der Waals surface area contributed by atoms with Crippen LogP contribution in [0.4, 0.5) is 0 Å². The quantitative estimate of drug-likeness (QED) is 0.0353. The van der Waals surface area contributed by atoms with Crippen LogP contribution < -0.4 is 69.5 Å². The zero-order valence-electron chi connectivity index (χ0n) is 64.5. The van der Waals surface area contributed by atoms with Crippen LogP contribution in [0.15, 0.2) is 29.3 Å². The van der Waals surface area contributed by atoms with E-state index in [0.717, 1.165) is 6.42 Å². The summed E-state index contributed by atoms with van der Waals surface area (Å²) in [6.07, 6.45) is 1.14. The van der Waals surface area contributed by atoms with Gasteiger partial charge in [0.05, 0.1) is 6.10 Å². The maximum Gasteiger partial charge on any atom is 0.329 e. The molecule has 31 heteroatoms. The number of nitrogens with one attached hydrogen (secondary N) is 12. The summed E-state index contributed by atoms with van der Waals surface area (Å²) in [6.45, 7) is 31.7.